The van der Waals surface area contributed by atoms with Crippen molar-refractivity contribution >= 4 is 44.2 Å². The van der Waals surface area contributed by atoms with Gasteiger partial charge in [-0.25, -0.2) is 17.6 Å². The number of sulfonamides is 1. The number of rotatable bonds is 7. The van der Waals surface area contributed by atoms with E-state index >= 15 is 4.39 Å². The second kappa shape index (κ2) is 12.2. The minimum Gasteiger partial charge on any atom is -0.480 e. The Labute approximate surface area is 244 Å². The molecule has 3 aromatic rings. The monoisotopic (exact) mass is 596 g/mol. The van der Waals surface area contributed by atoms with E-state index in [2.05, 4.69) is 6.07 Å². The number of fused-ring (bicyclic) bond motifs is 1. The van der Waals surface area contributed by atoms with Gasteiger partial charge in [0.05, 0.1) is 29.6 Å². The van der Waals surface area contributed by atoms with Gasteiger partial charge in [-0.1, -0.05) is 18.2 Å². The van der Waals surface area contributed by atoms with Crippen LogP contribution in [0.25, 0.3) is 10.8 Å². The third kappa shape index (κ3) is 7.47. The second-order valence-electron chi connectivity index (χ2n) is 11.1. The Hall–Kier alpha value is -4.37. The molecule has 1 N–H and O–H groups in total. The number of halogens is 1. The number of amides is 1. The molecule has 1 amide bonds. The second-order valence-corrected chi connectivity index (χ2v) is 13.0. The first-order valence-electron chi connectivity index (χ1n) is 13.4. The van der Waals surface area contributed by atoms with E-state index < -0.39 is 39.3 Å². The van der Waals surface area contributed by atoms with Crippen LogP contribution >= 0.6 is 0 Å². The quantitative estimate of drug-likeness (QED) is 0.415. The van der Waals surface area contributed by atoms with Crippen molar-refractivity contribution < 1.29 is 32.2 Å². The molecule has 3 aromatic carbocycles. The van der Waals surface area contributed by atoms with Crippen LogP contribution in [0, 0.1) is 17.1 Å². The number of nitrogens with zero attached hydrogens (tertiary/aromatic N) is 4. The SMILES string of the molecule is CC(C)(C)OC(=O)N1CCCN(c2ccc(N(Cc3ccc4ccc(C#N)cc4c3)S(=O)(=O)CC(=O)O)cc2F)CC1. The molecule has 1 aliphatic heterocycles. The molecule has 0 bridgehead atoms. The van der Waals surface area contributed by atoms with Crippen molar-refractivity contribution in [3.63, 3.8) is 0 Å². The third-order valence-corrected chi connectivity index (χ3v) is 8.33. The number of carbonyl (C=O) groups excluding carboxylic acids is 1. The lowest BCUT2D eigenvalue weighted by molar-refractivity contribution is -0.134. The van der Waals surface area contributed by atoms with Crippen LogP contribution in [0.2, 0.25) is 0 Å². The van der Waals surface area contributed by atoms with Gasteiger partial charge in [0.25, 0.3) is 0 Å². The molecule has 12 heteroatoms. The Morgan fingerprint density at radius 2 is 1.76 bits per heavy atom. The summed E-state index contributed by atoms with van der Waals surface area (Å²) in [4.78, 5) is 27.3. The molecule has 10 nitrogen and oxygen atoms in total. The van der Waals surface area contributed by atoms with E-state index in [4.69, 9.17) is 4.74 Å². The van der Waals surface area contributed by atoms with Gasteiger partial charge in [-0.05, 0) is 73.9 Å². The van der Waals surface area contributed by atoms with Crippen molar-refractivity contribution in [3.8, 4) is 6.07 Å². The Bertz CT molecular complexity index is 1650. The molecule has 0 atom stereocenters. The standard InChI is InChI=1S/C30H33FN4O6S/c1-30(2,3)41-29(38)34-12-4-11-33(13-14-34)27-10-9-25(17-26(27)31)35(42(39,40)20-28(36)37)19-22-6-8-23-7-5-21(18-32)15-24(23)16-22/h5-10,15-17H,4,11-14,19-20H2,1-3H3,(H,36,37). The summed E-state index contributed by atoms with van der Waals surface area (Å²) < 4.78 is 48.3. The van der Waals surface area contributed by atoms with Crippen LogP contribution in [-0.2, 0) is 26.1 Å². The van der Waals surface area contributed by atoms with Crippen molar-refractivity contribution in [1.29, 1.82) is 5.26 Å². The topological polar surface area (TPSA) is 131 Å². The number of carboxylic acid groups (broad SMARTS) is 1. The average molecular weight is 597 g/mol. The van der Waals surface area contributed by atoms with E-state index in [9.17, 15) is 28.4 Å². The number of benzene rings is 3. The number of carbonyl (C=O) groups is 2. The summed E-state index contributed by atoms with van der Waals surface area (Å²) >= 11 is 0. The van der Waals surface area contributed by atoms with E-state index in [0.717, 1.165) is 15.8 Å². The average Bonchev–Trinajstić information content (AvgIpc) is 3.16. The van der Waals surface area contributed by atoms with Crippen LogP contribution in [0.5, 0.6) is 0 Å². The highest BCUT2D eigenvalue weighted by molar-refractivity contribution is 7.93. The summed E-state index contributed by atoms with van der Waals surface area (Å²) in [5.41, 5.74) is 0.564. The number of ether oxygens (including phenoxy) is 1. The minimum atomic E-state index is -4.39. The maximum Gasteiger partial charge on any atom is 0.410 e. The molecule has 0 aliphatic carbocycles. The van der Waals surface area contributed by atoms with Gasteiger partial charge in [0.1, 0.15) is 11.4 Å². The van der Waals surface area contributed by atoms with Gasteiger partial charge >= 0.3 is 12.1 Å². The van der Waals surface area contributed by atoms with Crippen LogP contribution in [0.1, 0.15) is 38.3 Å². The molecule has 0 unspecified atom stereocenters. The number of aliphatic carboxylic acids is 1. The smallest absolute Gasteiger partial charge is 0.410 e. The van der Waals surface area contributed by atoms with E-state index in [1.165, 1.54) is 12.1 Å². The molecule has 0 spiro atoms. The Balaban J connectivity index is 1.60. The molecule has 42 heavy (non-hydrogen) atoms. The van der Waals surface area contributed by atoms with Gasteiger partial charge in [-0.15, -0.1) is 0 Å². The fraction of sp³-hybridized carbons (Fsp3) is 0.367. The van der Waals surface area contributed by atoms with Crippen LogP contribution in [0.4, 0.5) is 20.6 Å². The molecule has 1 aliphatic rings. The molecule has 0 aromatic heterocycles. The van der Waals surface area contributed by atoms with Crippen LogP contribution in [0.15, 0.2) is 54.6 Å². The third-order valence-electron chi connectivity index (χ3n) is 6.71. The van der Waals surface area contributed by atoms with Crippen LogP contribution < -0.4 is 9.21 Å². The van der Waals surface area contributed by atoms with Gasteiger partial charge in [0, 0.05) is 32.2 Å². The number of hydrogen-bond donors (Lipinski definition) is 1. The highest BCUT2D eigenvalue weighted by Crippen LogP contribution is 2.30. The number of anilines is 2. The summed E-state index contributed by atoms with van der Waals surface area (Å²) in [5.74, 6) is -3.38. The van der Waals surface area contributed by atoms with Crippen molar-refractivity contribution in [2.75, 3.05) is 41.1 Å². The summed E-state index contributed by atoms with van der Waals surface area (Å²) in [6.45, 7) is 6.72. The highest BCUT2D eigenvalue weighted by Gasteiger charge is 2.29. The number of nitriles is 1. The highest BCUT2D eigenvalue weighted by atomic mass is 32.2. The minimum absolute atomic E-state index is 0.0198. The molecule has 1 saturated heterocycles. The lowest BCUT2D eigenvalue weighted by Crippen LogP contribution is -2.39. The summed E-state index contributed by atoms with van der Waals surface area (Å²) in [5, 5.41) is 20.1. The van der Waals surface area contributed by atoms with Gasteiger partial charge < -0.3 is 19.6 Å². The van der Waals surface area contributed by atoms with E-state index in [1.54, 1.807) is 67.0 Å². The molecule has 0 saturated carbocycles. The van der Waals surface area contributed by atoms with E-state index in [0.29, 0.717) is 49.1 Å². The number of hydrogen-bond acceptors (Lipinski definition) is 7. The zero-order valence-corrected chi connectivity index (χ0v) is 24.5. The molecule has 222 valence electrons. The first-order valence-corrected chi connectivity index (χ1v) is 15.0. The first-order chi connectivity index (χ1) is 19.8. The Kier molecular flexibility index (Phi) is 8.92. The fourth-order valence-electron chi connectivity index (χ4n) is 4.79. The fourth-order valence-corrected chi connectivity index (χ4v) is 6.04. The van der Waals surface area contributed by atoms with Gasteiger partial charge in [-0.2, -0.15) is 5.26 Å². The number of carboxylic acids is 1. The van der Waals surface area contributed by atoms with Crippen molar-refractivity contribution in [3.05, 3.63) is 71.5 Å². The molecule has 4 rings (SSSR count). The predicted molar refractivity (Wildman–Crippen MR) is 157 cm³/mol. The lowest BCUT2D eigenvalue weighted by atomic mass is 10.0. The zero-order valence-electron chi connectivity index (χ0n) is 23.7. The summed E-state index contributed by atoms with van der Waals surface area (Å²) in [6.07, 6.45) is 0.145. The van der Waals surface area contributed by atoms with E-state index in [-0.39, 0.29) is 17.9 Å². The Morgan fingerprint density at radius 3 is 2.43 bits per heavy atom. The van der Waals surface area contributed by atoms with Crippen molar-refractivity contribution in [2.24, 2.45) is 0 Å². The summed E-state index contributed by atoms with van der Waals surface area (Å²) in [6, 6.07) is 16.4. The van der Waals surface area contributed by atoms with Crippen molar-refractivity contribution in [1.82, 2.24) is 4.90 Å². The molecule has 1 heterocycles. The van der Waals surface area contributed by atoms with E-state index in [1.807, 2.05) is 0 Å². The first kappa shape index (κ1) is 30.6. The molecular weight excluding hydrogens is 563 g/mol. The lowest BCUT2D eigenvalue weighted by Gasteiger charge is -2.28. The van der Waals surface area contributed by atoms with Crippen LogP contribution in [-0.4, -0.2) is 68.0 Å². The van der Waals surface area contributed by atoms with Gasteiger partial charge in [0.15, 0.2) is 5.75 Å². The van der Waals surface area contributed by atoms with Gasteiger partial charge in [-0.3, -0.25) is 9.10 Å². The Morgan fingerprint density at radius 1 is 1.02 bits per heavy atom. The van der Waals surface area contributed by atoms with Gasteiger partial charge in [0.2, 0.25) is 10.0 Å². The molecule has 0 radical (unpaired) electrons. The predicted octanol–water partition coefficient (Wildman–Crippen LogP) is 4.72. The largest absolute Gasteiger partial charge is 0.480 e. The maximum absolute atomic E-state index is 15.6. The molecule has 1 fully saturated rings. The summed E-state index contributed by atoms with van der Waals surface area (Å²) in [7, 11) is -4.39. The van der Waals surface area contributed by atoms with Crippen LogP contribution in [0.3, 0.4) is 0 Å². The zero-order chi connectivity index (χ0) is 30.7. The van der Waals surface area contributed by atoms with Crippen molar-refractivity contribution in [2.45, 2.75) is 39.3 Å². The normalized spacial score (nSPS) is 14.3. The molecular formula is C30H33FN4O6S. The maximum atomic E-state index is 15.6.